The van der Waals surface area contributed by atoms with E-state index in [1.54, 1.807) is 12.1 Å². The summed E-state index contributed by atoms with van der Waals surface area (Å²) in [6.45, 7) is 1.53. The molecule has 0 fully saturated rings. The quantitative estimate of drug-likeness (QED) is 0.552. The van der Waals surface area contributed by atoms with E-state index in [9.17, 15) is 9.59 Å². The second-order valence-electron chi connectivity index (χ2n) is 6.89. The third-order valence-corrected chi connectivity index (χ3v) is 4.77. The number of anilines is 1. The van der Waals surface area contributed by atoms with E-state index in [0.717, 1.165) is 10.8 Å². The van der Waals surface area contributed by atoms with Crippen LogP contribution in [-0.4, -0.2) is 39.3 Å². The van der Waals surface area contributed by atoms with Gasteiger partial charge in [-0.1, -0.05) is 30.3 Å². The molecule has 31 heavy (non-hydrogen) atoms. The zero-order valence-electron chi connectivity index (χ0n) is 17.9. The maximum atomic E-state index is 12.5. The fourth-order valence-corrected chi connectivity index (χ4v) is 3.21. The number of benzene rings is 3. The molecule has 0 saturated carbocycles. The fourth-order valence-electron chi connectivity index (χ4n) is 3.21. The summed E-state index contributed by atoms with van der Waals surface area (Å²) in [5.74, 6) is 0.354. The highest BCUT2D eigenvalue weighted by atomic mass is 16.5. The molecule has 3 aromatic carbocycles. The van der Waals surface area contributed by atoms with Gasteiger partial charge < -0.3 is 24.3 Å². The van der Waals surface area contributed by atoms with Crippen LogP contribution >= 0.6 is 0 Å². The predicted octanol–water partition coefficient (Wildman–Crippen LogP) is 3.98. The van der Waals surface area contributed by atoms with Gasteiger partial charge in [0.1, 0.15) is 0 Å². The minimum Gasteiger partial charge on any atom is -0.493 e. The van der Waals surface area contributed by atoms with Crippen molar-refractivity contribution >= 4 is 28.3 Å². The first-order valence-electron chi connectivity index (χ1n) is 9.73. The first kappa shape index (κ1) is 22.0. The van der Waals surface area contributed by atoms with E-state index in [-0.39, 0.29) is 6.42 Å². The van der Waals surface area contributed by atoms with Gasteiger partial charge in [0.25, 0.3) is 5.91 Å². The molecule has 7 nitrogen and oxygen atoms in total. The molecule has 0 radical (unpaired) electrons. The van der Waals surface area contributed by atoms with Crippen molar-refractivity contribution in [1.29, 1.82) is 0 Å². The number of rotatable bonds is 8. The summed E-state index contributed by atoms with van der Waals surface area (Å²) in [4.78, 5) is 24.9. The van der Waals surface area contributed by atoms with E-state index in [4.69, 9.17) is 18.9 Å². The van der Waals surface area contributed by atoms with Crippen LogP contribution in [0.2, 0.25) is 0 Å². The van der Waals surface area contributed by atoms with Gasteiger partial charge in [0, 0.05) is 5.69 Å². The van der Waals surface area contributed by atoms with E-state index in [1.165, 1.54) is 28.3 Å². The van der Waals surface area contributed by atoms with Gasteiger partial charge in [0.05, 0.1) is 27.8 Å². The van der Waals surface area contributed by atoms with Crippen molar-refractivity contribution in [1.82, 2.24) is 0 Å². The summed E-state index contributed by atoms with van der Waals surface area (Å²) in [6, 6.07) is 16.8. The number of esters is 1. The van der Waals surface area contributed by atoms with E-state index >= 15 is 0 Å². The molecule has 0 unspecified atom stereocenters. The van der Waals surface area contributed by atoms with Crippen LogP contribution in [0.4, 0.5) is 5.69 Å². The number of nitrogens with one attached hydrogen (secondary N) is 1. The molecule has 0 saturated heterocycles. The lowest BCUT2D eigenvalue weighted by atomic mass is 10.1. The minimum absolute atomic E-state index is 0.0513. The molecule has 1 N–H and O–H groups in total. The molecule has 3 rings (SSSR count). The van der Waals surface area contributed by atoms with E-state index in [2.05, 4.69) is 5.32 Å². The van der Waals surface area contributed by atoms with Gasteiger partial charge in [-0.05, 0) is 47.5 Å². The van der Waals surface area contributed by atoms with Crippen LogP contribution in [0.15, 0.2) is 54.6 Å². The Morgan fingerprint density at radius 2 is 1.52 bits per heavy atom. The monoisotopic (exact) mass is 423 g/mol. The molecule has 0 bridgehead atoms. The number of carbonyl (C=O) groups is 2. The summed E-state index contributed by atoms with van der Waals surface area (Å²) in [5, 5.41) is 4.86. The van der Waals surface area contributed by atoms with Crippen LogP contribution in [0.5, 0.6) is 17.2 Å². The number of amides is 1. The van der Waals surface area contributed by atoms with Gasteiger partial charge in [-0.2, -0.15) is 0 Å². The summed E-state index contributed by atoms with van der Waals surface area (Å²) in [5.41, 5.74) is 1.25. The Balaban J connectivity index is 1.63. The highest BCUT2D eigenvalue weighted by molar-refractivity contribution is 5.97. The van der Waals surface area contributed by atoms with Crippen molar-refractivity contribution in [2.24, 2.45) is 0 Å². The molecule has 7 heteroatoms. The molecule has 0 spiro atoms. The van der Waals surface area contributed by atoms with Crippen LogP contribution in [0, 0.1) is 0 Å². The molecular formula is C24H25NO6. The van der Waals surface area contributed by atoms with Crippen molar-refractivity contribution in [3.8, 4) is 17.2 Å². The number of fused-ring (bicyclic) bond motifs is 1. The van der Waals surface area contributed by atoms with Gasteiger partial charge in [-0.25, -0.2) is 0 Å². The van der Waals surface area contributed by atoms with Crippen molar-refractivity contribution in [3.05, 3.63) is 60.2 Å². The third kappa shape index (κ3) is 5.25. The number of carbonyl (C=O) groups excluding carboxylic acids is 2. The molecule has 0 aromatic heterocycles. The Hall–Kier alpha value is -3.74. The Kier molecular flexibility index (Phi) is 6.97. The van der Waals surface area contributed by atoms with Gasteiger partial charge in [-0.3, -0.25) is 9.59 Å². The molecule has 0 heterocycles. The predicted molar refractivity (Wildman–Crippen MR) is 118 cm³/mol. The lowest BCUT2D eigenvalue weighted by Gasteiger charge is -2.16. The average molecular weight is 423 g/mol. The van der Waals surface area contributed by atoms with Crippen LogP contribution in [0.25, 0.3) is 10.8 Å². The number of hydrogen-bond donors (Lipinski definition) is 1. The molecule has 3 aromatic rings. The van der Waals surface area contributed by atoms with Gasteiger partial charge in [0.15, 0.2) is 17.6 Å². The van der Waals surface area contributed by atoms with Crippen LogP contribution in [0.1, 0.15) is 12.5 Å². The van der Waals surface area contributed by atoms with Crippen LogP contribution in [-0.2, 0) is 20.7 Å². The minimum atomic E-state index is -0.957. The summed E-state index contributed by atoms with van der Waals surface area (Å²) in [6.07, 6.45) is -1.01. The second kappa shape index (κ2) is 9.84. The Morgan fingerprint density at radius 3 is 2.13 bits per heavy atom. The fraction of sp³-hybridized carbons (Fsp3) is 0.250. The molecule has 0 aliphatic rings. The molecule has 162 valence electrons. The molecule has 0 aliphatic heterocycles. The Morgan fingerprint density at radius 1 is 0.871 bits per heavy atom. The molecule has 1 amide bonds. The van der Waals surface area contributed by atoms with Crippen molar-refractivity contribution < 1.29 is 28.5 Å². The first-order valence-corrected chi connectivity index (χ1v) is 9.73. The zero-order chi connectivity index (χ0) is 22.4. The topological polar surface area (TPSA) is 83.1 Å². The summed E-state index contributed by atoms with van der Waals surface area (Å²) >= 11 is 0. The lowest BCUT2D eigenvalue weighted by molar-refractivity contribution is -0.152. The molecule has 0 aliphatic carbocycles. The van der Waals surface area contributed by atoms with E-state index in [0.29, 0.717) is 28.5 Å². The summed E-state index contributed by atoms with van der Waals surface area (Å²) < 4.78 is 21.2. The zero-order valence-corrected chi connectivity index (χ0v) is 17.9. The first-order chi connectivity index (χ1) is 14.9. The van der Waals surface area contributed by atoms with E-state index in [1.807, 2.05) is 42.5 Å². The van der Waals surface area contributed by atoms with Crippen molar-refractivity contribution in [3.63, 3.8) is 0 Å². The highest BCUT2D eigenvalue weighted by Crippen LogP contribution is 2.38. The SMILES string of the molecule is COc1cc(CC(=O)O[C@H](C)C(=O)Nc2ccc3ccccc3c2)cc(OC)c1OC. The molecular weight excluding hydrogens is 398 g/mol. The largest absolute Gasteiger partial charge is 0.493 e. The van der Waals surface area contributed by atoms with Gasteiger partial charge in [0.2, 0.25) is 5.75 Å². The van der Waals surface area contributed by atoms with Crippen molar-refractivity contribution in [2.45, 2.75) is 19.4 Å². The normalized spacial score (nSPS) is 11.5. The smallest absolute Gasteiger partial charge is 0.311 e. The second-order valence-corrected chi connectivity index (χ2v) is 6.89. The molecule has 1 atom stereocenters. The maximum Gasteiger partial charge on any atom is 0.311 e. The lowest BCUT2D eigenvalue weighted by Crippen LogP contribution is -2.30. The average Bonchev–Trinajstić information content (AvgIpc) is 2.78. The number of ether oxygens (including phenoxy) is 4. The highest BCUT2D eigenvalue weighted by Gasteiger charge is 2.20. The maximum absolute atomic E-state index is 12.5. The Labute approximate surface area is 180 Å². The number of hydrogen-bond acceptors (Lipinski definition) is 6. The van der Waals surface area contributed by atoms with E-state index < -0.39 is 18.0 Å². The van der Waals surface area contributed by atoms with Crippen LogP contribution < -0.4 is 19.5 Å². The number of methoxy groups -OCH3 is 3. The van der Waals surface area contributed by atoms with Gasteiger partial charge >= 0.3 is 5.97 Å². The van der Waals surface area contributed by atoms with Crippen LogP contribution in [0.3, 0.4) is 0 Å². The Bertz CT molecular complexity index is 1070. The summed E-state index contributed by atoms with van der Waals surface area (Å²) in [7, 11) is 4.50. The van der Waals surface area contributed by atoms with Crippen molar-refractivity contribution in [2.75, 3.05) is 26.6 Å². The standard InChI is InChI=1S/C24H25NO6/c1-15(24(27)25-19-10-9-17-7-5-6-8-18(17)14-19)31-22(26)13-16-11-20(28-2)23(30-4)21(12-16)29-3/h5-12,14-15H,13H2,1-4H3,(H,25,27)/t15-/m1/s1. The van der Waals surface area contributed by atoms with Gasteiger partial charge in [-0.15, -0.1) is 0 Å². The third-order valence-electron chi connectivity index (χ3n) is 4.77.